The van der Waals surface area contributed by atoms with Crippen LogP contribution in [0, 0.1) is 5.82 Å². The summed E-state index contributed by atoms with van der Waals surface area (Å²) >= 11 is 5.73. The van der Waals surface area contributed by atoms with Crippen LogP contribution in [-0.4, -0.2) is 24.5 Å². The number of rotatable bonds is 5. The Labute approximate surface area is 128 Å². The summed E-state index contributed by atoms with van der Waals surface area (Å²) in [7, 11) is 0. The molecule has 0 aromatic heterocycles. The lowest BCUT2D eigenvalue weighted by atomic mass is 10.2. The topological polar surface area (TPSA) is 46.6 Å². The van der Waals surface area contributed by atoms with Crippen molar-refractivity contribution in [1.29, 1.82) is 0 Å². The van der Waals surface area contributed by atoms with Crippen LogP contribution < -0.4 is 4.90 Å². The maximum absolute atomic E-state index is 13.2. The number of hydrogen-bond donors (Lipinski definition) is 0. The zero-order valence-corrected chi connectivity index (χ0v) is 12.9. The van der Waals surface area contributed by atoms with Crippen LogP contribution in [0.2, 0.25) is 5.02 Å². The number of halogens is 2. The Morgan fingerprint density at radius 2 is 2.05 bits per heavy atom. The van der Waals surface area contributed by atoms with Gasteiger partial charge in [-0.1, -0.05) is 11.6 Å². The fraction of sp³-hybridized carbons (Fsp3) is 0.333. The molecule has 0 fully saturated rings. The largest absolute Gasteiger partial charge is 0.463 e. The molecule has 0 aliphatic carbocycles. The van der Waals surface area contributed by atoms with E-state index in [-0.39, 0.29) is 17.7 Å². The first-order valence-electron chi connectivity index (χ1n) is 6.49. The quantitative estimate of drug-likeness (QED) is 0.618. The molecule has 0 unspecified atom stereocenters. The van der Waals surface area contributed by atoms with E-state index in [1.807, 2.05) is 0 Å². The zero-order chi connectivity index (χ0) is 16.0. The van der Waals surface area contributed by atoms with Crippen LogP contribution in [0.25, 0.3) is 0 Å². The smallest absolute Gasteiger partial charge is 0.330 e. The minimum Gasteiger partial charge on any atom is -0.463 e. The van der Waals surface area contributed by atoms with Crippen molar-refractivity contribution in [2.75, 3.05) is 11.5 Å². The van der Waals surface area contributed by atoms with E-state index in [0.29, 0.717) is 5.69 Å². The summed E-state index contributed by atoms with van der Waals surface area (Å²) in [4.78, 5) is 24.8. The van der Waals surface area contributed by atoms with Gasteiger partial charge in [0.05, 0.1) is 11.6 Å². The van der Waals surface area contributed by atoms with E-state index in [4.69, 9.17) is 16.3 Å². The predicted molar refractivity (Wildman–Crippen MR) is 79.8 cm³/mol. The molecule has 4 nitrogen and oxygen atoms in total. The van der Waals surface area contributed by atoms with Gasteiger partial charge in [0, 0.05) is 23.9 Å². The second-order valence-electron chi connectivity index (χ2n) is 4.49. The van der Waals surface area contributed by atoms with Gasteiger partial charge in [0.25, 0.3) is 5.91 Å². The second kappa shape index (κ2) is 7.78. The number of anilines is 1. The summed E-state index contributed by atoms with van der Waals surface area (Å²) in [5, 5.41) is -0.0691. The van der Waals surface area contributed by atoms with E-state index < -0.39 is 17.7 Å². The van der Waals surface area contributed by atoms with E-state index >= 15 is 0 Å². The SMILES string of the molecule is CCOC(=O)/C=C/C(=O)N(c1ccc(F)c(Cl)c1)C(C)C. The number of benzene rings is 1. The number of nitrogens with zero attached hydrogens (tertiary/aromatic N) is 1. The van der Waals surface area contributed by atoms with Gasteiger partial charge in [-0.25, -0.2) is 9.18 Å². The number of carbonyl (C=O) groups is 2. The highest BCUT2D eigenvalue weighted by Gasteiger charge is 2.18. The van der Waals surface area contributed by atoms with Crippen molar-refractivity contribution in [2.24, 2.45) is 0 Å². The molecule has 1 aromatic carbocycles. The van der Waals surface area contributed by atoms with Gasteiger partial charge in [0.2, 0.25) is 0 Å². The number of ether oxygens (including phenoxy) is 1. The summed E-state index contributed by atoms with van der Waals surface area (Å²) in [5.41, 5.74) is 0.454. The molecular weight excluding hydrogens is 297 g/mol. The van der Waals surface area contributed by atoms with Gasteiger partial charge in [-0.15, -0.1) is 0 Å². The highest BCUT2D eigenvalue weighted by Crippen LogP contribution is 2.24. The van der Waals surface area contributed by atoms with Gasteiger partial charge in [0.15, 0.2) is 0 Å². The second-order valence-corrected chi connectivity index (χ2v) is 4.89. The number of amides is 1. The molecule has 1 rings (SSSR count). The molecule has 0 aliphatic heterocycles. The van der Waals surface area contributed by atoms with E-state index in [1.165, 1.54) is 23.1 Å². The molecule has 0 bridgehead atoms. The summed E-state index contributed by atoms with van der Waals surface area (Å²) in [5.74, 6) is -1.56. The van der Waals surface area contributed by atoms with Crippen LogP contribution in [0.5, 0.6) is 0 Å². The predicted octanol–water partition coefficient (Wildman–Crippen LogP) is 3.34. The Kier molecular flexibility index (Phi) is 6.37. The maximum atomic E-state index is 13.2. The minimum atomic E-state index is -0.591. The average molecular weight is 314 g/mol. The van der Waals surface area contributed by atoms with Crippen molar-refractivity contribution in [2.45, 2.75) is 26.8 Å². The molecule has 0 heterocycles. The summed E-state index contributed by atoms with van der Waals surface area (Å²) in [6, 6.07) is 3.82. The van der Waals surface area contributed by atoms with Crippen molar-refractivity contribution in [1.82, 2.24) is 0 Å². The normalized spacial score (nSPS) is 11.0. The average Bonchev–Trinajstić information content (AvgIpc) is 2.40. The van der Waals surface area contributed by atoms with Gasteiger partial charge in [-0.05, 0) is 39.0 Å². The molecule has 0 N–H and O–H groups in total. The van der Waals surface area contributed by atoms with Crippen molar-refractivity contribution in [3.8, 4) is 0 Å². The van der Waals surface area contributed by atoms with Gasteiger partial charge < -0.3 is 9.64 Å². The van der Waals surface area contributed by atoms with Gasteiger partial charge in [0.1, 0.15) is 5.82 Å². The Bertz CT molecular complexity index is 558. The standard InChI is InChI=1S/C15H17ClFNO3/c1-4-21-15(20)8-7-14(19)18(10(2)3)11-5-6-13(17)12(16)9-11/h5-10H,4H2,1-3H3/b8-7+. The first kappa shape index (κ1) is 17.2. The molecule has 0 spiro atoms. The van der Waals surface area contributed by atoms with Crippen molar-refractivity contribution < 1.29 is 18.7 Å². The third kappa shape index (κ3) is 4.86. The molecule has 114 valence electrons. The zero-order valence-electron chi connectivity index (χ0n) is 12.1. The Morgan fingerprint density at radius 3 is 2.57 bits per heavy atom. The molecule has 0 radical (unpaired) electrons. The Balaban J connectivity index is 2.98. The molecule has 0 aliphatic rings. The van der Waals surface area contributed by atoms with Crippen molar-refractivity contribution >= 4 is 29.2 Å². The number of hydrogen-bond acceptors (Lipinski definition) is 3. The summed E-state index contributed by atoms with van der Waals surface area (Å²) in [6.07, 6.45) is 2.18. The number of carbonyl (C=O) groups excluding carboxylic acids is 2. The summed E-state index contributed by atoms with van der Waals surface area (Å²) < 4.78 is 17.9. The Hall–Kier alpha value is -1.88. The summed E-state index contributed by atoms with van der Waals surface area (Å²) in [6.45, 7) is 5.51. The van der Waals surface area contributed by atoms with Crippen LogP contribution >= 0.6 is 11.6 Å². The highest BCUT2D eigenvalue weighted by molar-refractivity contribution is 6.31. The molecule has 1 amide bonds. The van der Waals surface area contributed by atoms with Crippen molar-refractivity contribution in [3.05, 3.63) is 41.2 Å². The van der Waals surface area contributed by atoms with Crippen LogP contribution in [0.3, 0.4) is 0 Å². The van der Waals surface area contributed by atoms with E-state index in [9.17, 15) is 14.0 Å². The lowest BCUT2D eigenvalue weighted by molar-refractivity contribution is -0.137. The van der Waals surface area contributed by atoms with E-state index in [1.54, 1.807) is 20.8 Å². The fourth-order valence-corrected chi connectivity index (χ4v) is 1.90. The minimum absolute atomic E-state index is 0.0691. The van der Waals surface area contributed by atoms with Gasteiger partial charge in [-0.3, -0.25) is 4.79 Å². The third-order valence-electron chi connectivity index (χ3n) is 2.58. The molecule has 6 heteroatoms. The molecule has 1 aromatic rings. The van der Waals surface area contributed by atoms with Crippen LogP contribution in [-0.2, 0) is 14.3 Å². The van der Waals surface area contributed by atoms with Gasteiger partial charge in [-0.2, -0.15) is 0 Å². The first-order chi connectivity index (χ1) is 9.86. The molecular formula is C15H17ClFNO3. The van der Waals surface area contributed by atoms with Crippen LogP contribution in [0.1, 0.15) is 20.8 Å². The molecule has 0 saturated carbocycles. The highest BCUT2D eigenvalue weighted by atomic mass is 35.5. The van der Waals surface area contributed by atoms with Gasteiger partial charge >= 0.3 is 5.97 Å². The third-order valence-corrected chi connectivity index (χ3v) is 2.87. The fourth-order valence-electron chi connectivity index (χ4n) is 1.72. The Morgan fingerprint density at radius 1 is 1.38 bits per heavy atom. The molecule has 21 heavy (non-hydrogen) atoms. The maximum Gasteiger partial charge on any atom is 0.330 e. The van der Waals surface area contributed by atoms with E-state index in [0.717, 1.165) is 12.2 Å². The lowest BCUT2D eigenvalue weighted by Gasteiger charge is -2.25. The molecule has 0 atom stereocenters. The number of esters is 1. The van der Waals surface area contributed by atoms with E-state index in [2.05, 4.69) is 0 Å². The lowest BCUT2D eigenvalue weighted by Crippen LogP contribution is -2.35. The first-order valence-corrected chi connectivity index (χ1v) is 6.87. The van der Waals surface area contributed by atoms with Crippen molar-refractivity contribution in [3.63, 3.8) is 0 Å². The molecule has 0 saturated heterocycles. The van der Waals surface area contributed by atoms with Crippen LogP contribution in [0.4, 0.5) is 10.1 Å². The monoisotopic (exact) mass is 313 g/mol. The van der Waals surface area contributed by atoms with Crippen LogP contribution in [0.15, 0.2) is 30.4 Å².